The average Bonchev–Trinajstić information content (AvgIpc) is 2.57. The highest BCUT2D eigenvalue weighted by molar-refractivity contribution is 5.76. The molecule has 0 aromatic carbocycles. The van der Waals surface area contributed by atoms with E-state index in [1.807, 2.05) is 11.8 Å². The Labute approximate surface area is 114 Å². The quantitative estimate of drug-likeness (QED) is 0.394. The van der Waals surface area contributed by atoms with Crippen molar-refractivity contribution in [2.45, 2.75) is 70.6 Å². The fourth-order valence-corrected chi connectivity index (χ4v) is 2.91. The van der Waals surface area contributed by atoms with Crippen LogP contribution >= 0.6 is 0 Å². The number of nitrogens with two attached hydrogens (primary N) is 2. The number of aliphatic carboxylic acids is 1. The molecule has 110 valence electrons. The maximum Gasteiger partial charge on any atom is 0.320 e. The molecule has 6 heteroatoms. The summed E-state index contributed by atoms with van der Waals surface area (Å²) in [6.45, 7) is 3.55. The van der Waals surface area contributed by atoms with Gasteiger partial charge in [0.15, 0.2) is 5.96 Å². The smallest absolute Gasteiger partial charge is 0.320 e. The number of carboxylic acid groups (broad SMARTS) is 1. The highest BCUT2D eigenvalue weighted by atomic mass is 16.4. The number of carbonyl (C=O) groups is 1. The van der Waals surface area contributed by atoms with Crippen LogP contribution in [0.15, 0.2) is 4.99 Å². The number of guanidine groups is 1. The third kappa shape index (κ3) is 4.70. The Morgan fingerprint density at radius 2 is 1.74 bits per heavy atom. The van der Waals surface area contributed by atoms with Crippen molar-refractivity contribution in [3.05, 3.63) is 0 Å². The van der Waals surface area contributed by atoms with Crippen LogP contribution in [0.5, 0.6) is 0 Å². The van der Waals surface area contributed by atoms with Crippen LogP contribution in [0.1, 0.15) is 52.4 Å². The molecule has 0 bridgehead atoms. The first-order valence-corrected chi connectivity index (χ1v) is 7.02. The van der Waals surface area contributed by atoms with Crippen molar-refractivity contribution in [2.24, 2.45) is 16.5 Å². The van der Waals surface area contributed by atoms with E-state index in [0.29, 0.717) is 0 Å². The SMILES string of the molecule is CC(N=C(N)N)N(C1CCCCCC1)C(C)C(=O)O. The third-order valence-electron chi connectivity index (χ3n) is 3.82. The van der Waals surface area contributed by atoms with Gasteiger partial charge in [0.05, 0.1) is 0 Å². The summed E-state index contributed by atoms with van der Waals surface area (Å²) in [6, 6.07) is -0.340. The highest BCUT2D eigenvalue weighted by Crippen LogP contribution is 2.25. The molecule has 0 heterocycles. The van der Waals surface area contributed by atoms with Gasteiger partial charge in [0, 0.05) is 6.04 Å². The molecule has 1 rings (SSSR count). The minimum atomic E-state index is -0.832. The lowest BCUT2D eigenvalue weighted by Crippen LogP contribution is -2.50. The second-order valence-electron chi connectivity index (χ2n) is 5.29. The Morgan fingerprint density at radius 1 is 1.21 bits per heavy atom. The minimum Gasteiger partial charge on any atom is -0.480 e. The van der Waals surface area contributed by atoms with E-state index < -0.39 is 12.0 Å². The summed E-state index contributed by atoms with van der Waals surface area (Å²) in [5.41, 5.74) is 10.8. The normalized spacial score (nSPS) is 20.6. The molecule has 0 saturated heterocycles. The largest absolute Gasteiger partial charge is 0.480 e. The van der Waals surface area contributed by atoms with Crippen LogP contribution < -0.4 is 11.5 Å². The summed E-state index contributed by atoms with van der Waals surface area (Å²) in [6.07, 6.45) is 6.46. The number of carboxylic acids is 1. The molecular formula is C13H26N4O2. The fraction of sp³-hybridized carbons (Fsp3) is 0.846. The van der Waals surface area contributed by atoms with Gasteiger partial charge >= 0.3 is 5.97 Å². The topological polar surface area (TPSA) is 105 Å². The average molecular weight is 270 g/mol. The van der Waals surface area contributed by atoms with Crippen molar-refractivity contribution < 1.29 is 9.90 Å². The molecule has 0 radical (unpaired) electrons. The molecule has 19 heavy (non-hydrogen) atoms. The monoisotopic (exact) mass is 270 g/mol. The lowest BCUT2D eigenvalue weighted by atomic mass is 10.0. The van der Waals surface area contributed by atoms with Crippen molar-refractivity contribution in [3.63, 3.8) is 0 Å². The molecule has 6 nitrogen and oxygen atoms in total. The van der Waals surface area contributed by atoms with Gasteiger partial charge in [-0.05, 0) is 26.7 Å². The Hall–Kier alpha value is -1.30. The Bertz CT molecular complexity index is 321. The van der Waals surface area contributed by atoms with Crippen molar-refractivity contribution in [1.82, 2.24) is 4.90 Å². The molecule has 5 N–H and O–H groups in total. The summed E-state index contributed by atoms with van der Waals surface area (Å²) in [5.74, 6) is -0.828. The van der Waals surface area contributed by atoms with Gasteiger partial charge in [0.25, 0.3) is 0 Å². The molecule has 1 aliphatic carbocycles. The van der Waals surface area contributed by atoms with Gasteiger partial charge in [0.2, 0.25) is 0 Å². The Balaban J connectivity index is 2.89. The molecule has 0 aromatic rings. The van der Waals surface area contributed by atoms with Crippen LogP contribution in [0.2, 0.25) is 0 Å². The van der Waals surface area contributed by atoms with Gasteiger partial charge in [-0.15, -0.1) is 0 Å². The predicted octanol–water partition coefficient (Wildman–Crippen LogP) is 1.10. The lowest BCUT2D eigenvalue weighted by molar-refractivity contribution is -0.144. The van der Waals surface area contributed by atoms with Gasteiger partial charge in [0.1, 0.15) is 12.2 Å². The highest BCUT2D eigenvalue weighted by Gasteiger charge is 2.32. The van der Waals surface area contributed by atoms with Gasteiger partial charge in [-0.2, -0.15) is 0 Å². The van der Waals surface area contributed by atoms with E-state index in [1.54, 1.807) is 6.92 Å². The first-order valence-electron chi connectivity index (χ1n) is 7.02. The molecule has 0 amide bonds. The molecule has 0 aromatic heterocycles. The Morgan fingerprint density at radius 3 is 2.16 bits per heavy atom. The van der Waals surface area contributed by atoms with E-state index in [9.17, 15) is 9.90 Å². The first kappa shape index (κ1) is 15.8. The number of nitrogens with zero attached hydrogens (tertiary/aromatic N) is 2. The van der Waals surface area contributed by atoms with Crippen molar-refractivity contribution in [3.8, 4) is 0 Å². The number of hydrogen-bond donors (Lipinski definition) is 3. The van der Waals surface area contributed by atoms with Crippen molar-refractivity contribution >= 4 is 11.9 Å². The van der Waals surface area contributed by atoms with E-state index in [-0.39, 0.29) is 18.2 Å². The van der Waals surface area contributed by atoms with E-state index >= 15 is 0 Å². The van der Waals surface area contributed by atoms with Crippen molar-refractivity contribution in [1.29, 1.82) is 0 Å². The van der Waals surface area contributed by atoms with Crippen LogP contribution in [0.4, 0.5) is 0 Å². The van der Waals surface area contributed by atoms with Crippen LogP contribution in [0.3, 0.4) is 0 Å². The van der Waals surface area contributed by atoms with Gasteiger partial charge in [-0.1, -0.05) is 25.7 Å². The van der Waals surface area contributed by atoms with Crippen LogP contribution in [0, 0.1) is 0 Å². The third-order valence-corrected chi connectivity index (χ3v) is 3.82. The second kappa shape index (κ2) is 7.33. The lowest BCUT2D eigenvalue weighted by Gasteiger charge is -2.37. The van der Waals surface area contributed by atoms with Crippen LogP contribution in [-0.2, 0) is 4.79 Å². The van der Waals surface area contributed by atoms with Gasteiger partial charge in [-0.3, -0.25) is 9.69 Å². The molecule has 0 spiro atoms. The van der Waals surface area contributed by atoms with E-state index in [0.717, 1.165) is 25.7 Å². The Kier molecular flexibility index (Phi) is 6.08. The maximum absolute atomic E-state index is 11.3. The number of hydrogen-bond acceptors (Lipinski definition) is 3. The fourth-order valence-electron chi connectivity index (χ4n) is 2.91. The van der Waals surface area contributed by atoms with Gasteiger partial charge in [-0.25, -0.2) is 4.99 Å². The zero-order valence-electron chi connectivity index (χ0n) is 11.9. The van der Waals surface area contributed by atoms with E-state index in [4.69, 9.17) is 11.5 Å². The molecule has 1 saturated carbocycles. The zero-order chi connectivity index (χ0) is 14.4. The summed E-state index contributed by atoms with van der Waals surface area (Å²) in [5, 5.41) is 9.28. The molecular weight excluding hydrogens is 244 g/mol. The maximum atomic E-state index is 11.3. The summed E-state index contributed by atoms with van der Waals surface area (Å²) in [4.78, 5) is 17.4. The number of aliphatic imine (C=N–C) groups is 1. The second-order valence-corrected chi connectivity index (χ2v) is 5.29. The van der Waals surface area contributed by atoms with E-state index in [1.165, 1.54) is 12.8 Å². The summed E-state index contributed by atoms with van der Waals surface area (Å²) in [7, 11) is 0. The van der Waals surface area contributed by atoms with Gasteiger partial charge < -0.3 is 16.6 Å². The van der Waals surface area contributed by atoms with Crippen LogP contribution in [-0.4, -0.2) is 40.2 Å². The van der Waals surface area contributed by atoms with Crippen LogP contribution in [0.25, 0.3) is 0 Å². The predicted molar refractivity (Wildman–Crippen MR) is 75.7 cm³/mol. The standard InChI is InChI=1S/C13H26N4O2/c1-9(12(18)19)17(10(2)16-13(14)15)11-7-5-3-4-6-8-11/h9-11H,3-8H2,1-2H3,(H,18,19)(H4,14,15,16). The molecule has 0 aliphatic heterocycles. The van der Waals surface area contributed by atoms with E-state index in [2.05, 4.69) is 4.99 Å². The molecule has 1 fully saturated rings. The minimum absolute atomic E-state index is 0.00344. The number of rotatable bonds is 5. The molecule has 2 unspecified atom stereocenters. The summed E-state index contributed by atoms with van der Waals surface area (Å²) < 4.78 is 0. The molecule has 1 aliphatic rings. The zero-order valence-corrected chi connectivity index (χ0v) is 11.9. The summed E-state index contributed by atoms with van der Waals surface area (Å²) >= 11 is 0. The van der Waals surface area contributed by atoms with Crippen molar-refractivity contribution in [2.75, 3.05) is 0 Å². The first-order chi connectivity index (χ1) is 8.93. The molecule has 2 atom stereocenters.